The van der Waals surface area contributed by atoms with Gasteiger partial charge in [-0.05, 0) is 75.1 Å². The summed E-state index contributed by atoms with van der Waals surface area (Å²) in [6.07, 6.45) is 3.48. The molecule has 0 radical (unpaired) electrons. The Morgan fingerprint density at radius 1 is 1.03 bits per heavy atom. The Hall–Kier alpha value is -3.39. The molecule has 8 nitrogen and oxygen atoms in total. The van der Waals surface area contributed by atoms with Crippen molar-refractivity contribution >= 4 is 46.5 Å². The van der Waals surface area contributed by atoms with Crippen molar-refractivity contribution in [1.29, 1.82) is 0 Å². The van der Waals surface area contributed by atoms with Crippen molar-refractivity contribution in [2.45, 2.75) is 45.7 Å². The molecule has 1 aliphatic carbocycles. The number of aliphatic imine (C=N–C) groups is 1. The number of urea groups is 1. The molecule has 194 valence electrons. The number of fused-ring (bicyclic) bond motifs is 5. The van der Waals surface area contributed by atoms with Crippen LogP contribution >= 0.6 is 11.6 Å². The summed E-state index contributed by atoms with van der Waals surface area (Å²) in [7, 11) is 0. The molecule has 4 amide bonds. The van der Waals surface area contributed by atoms with E-state index in [1.54, 1.807) is 24.3 Å². The van der Waals surface area contributed by atoms with E-state index in [2.05, 4.69) is 15.6 Å². The number of amides is 4. The van der Waals surface area contributed by atoms with Crippen molar-refractivity contribution in [3.8, 4) is 0 Å². The Morgan fingerprint density at radius 3 is 2.38 bits per heavy atom. The van der Waals surface area contributed by atoms with Crippen LogP contribution in [0.5, 0.6) is 0 Å². The second kappa shape index (κ2) is 10.5. The summed E-state index contributed by atoms with van der Waals surface area (Å²) < 4.78 is 0. The fourth-order valence-electron chi connectivity index (χ4n) is 5.73. The molecule has 3 fully saturated rings. The van der Waals surface area contributed by atoms with Crippen LogP contribution in [0.25, 0.3) is 0 Å². The number of nitrogens with zero attached hydrogens (tertiary/aromatic N) is 3. The summed E-state index contributed by atoms with van der Waals surface area (Å²) in [5.74, 6) is 0.557. The lowest BCUT2D eigenvalue weighted by molar-refractivity contribution is -0.132. The van der Waals surface area contributed by atoms with E-state index in [9.17, 15) is 14.4 Å². The van der Waals surface area contributed by atoms with Crippen LogP contribution in [-0.4, -0.2) is 54.3 Å². The van der Waals surface area contributed by atoms with Gasteiger partial charge in [0.05, 0.1) is 5.69 Å². The number of hydrogen-bond donors (Lipinski definition) is 2. The van der Waals surface area contributed by atoms with Crippen LogP contribution in [0.3, 0.4) is 0 Å². The first-order chi connectivity index (χ1) is 17.8. The maximum atomic E-state index is 13.9. The highest BCUT2D eigenvalue weighted by Crippen LogP contribution is 2.34. The number of halogens is 1. The van der Waals surface area contributed by atoms with Gasteiger partial charge in [0.15, 0.2) is 0 Å². The van der Waals surface area contributed by atoms with Crippen molar-refractivity contribution in [3.63, 3.8) is 0 Å². The number of benzodiazepines with no additional fused rings is 1. The molecule has 0 spiro atoms. The van der Waals surface area contributed by atoms with E-state index in [1.807, 2.05) is 36.9 Å². The average Bonchev–Trinajstić information content (AvgIpc) is 3.24. The van der Waals surface area contributed by atoms with Crippen LogP contribution in [0.4, 0.5) is 16.2 Å². The van der Waals surface area contributed by atoms with Crippen LogP contribution < -0.4 is 15.5 Å². The molecule has 3 heterocycles. The molecule has 9 heteroatoms. The van der Waals surface area contributed by atoms with E-state index in [1.165, 1.54) is 30.6 Å². The summed E-state index contributed by atoms with van der Waals surface area (Å²) in [5.41, 5.74) is 3.42. The van der Waals surface area contributed by atoms with Gasteiger partial charge in [-0.1, -0.05) is 35.9 Å². The Morgan fingerprint density at radius 2 is 1.70 bits per heavy atom. The number of hydrogen-bond acceptors (Lipinski definition) is 4. The summed E-state index contributed by atoms with van der Waals surface area (Å²) >= 11 is 6.02. The predicted molar refractivity (Wildman–Crippen MR) is 145 cm³/mol. The molecule has 4 aliphatic rings. The van der Waals surface area contributed by atoms with Crippen molar-refractivity contribution in [2.24, 2.45) is 16.8 Å². The fourth-order valence-corrected chi connectivity index (χ4v) is 5.92. The maximum Gasteiger partial charge on any atom is 0.321 e. The van der Waals surface area contributed by atoms with Crippen molar-refractivity contribution in [3.05, 3.63) is 58.6 Å². The zero-order valence-electron chi connectivity index (χ0n) is 21.2. The molecular weight excluding hydrogens is 490 g/mol. The van der Waals surface area contributed by atoms with Gasteiger partial charge in [0.1, 0.15) is 6.54 Å². The number of para-hydroxylation sites is 1. The lowest BCUT2D eigenvalue weighted by Gasteiger charge is -2.30. The van der Waals surface area contributed by atoms with Gasteiger partial charge < -0.3 is 15.5 Å². The van der Waals surface area contributed by atoms with E-state index < -0.39 is 18.1 Å². The third kappa shape index (κ3) is 5.49. The Labute approximate surface area is 222 Å². The smallest absolute Gasteiger partial charge is 0.321 e. The Bertz CT molecular complexity index is 1240. The minimum atomic E-state index is -1.18. The molecular formula is C28H32ClN5O3. The molecule has 2 N–H and O–H groups in total. The first kappa shape index (κ1) is 25.3. The molecule has 1 unspecified atom stereocenters. The molecule has 3 aliphatic heterocycles. The highest BCUT2D eigenvalue weighted by Gasteiger charge is 2.37. The molecule has 37 heavy (non-hydrogen) atoms. The zero-order chi connectivity index (χ0) is 26.1. The van der Waals surface area contributed by atoms with Gasteiger partial charge in [-0.2, -0.15) is 0 Å². The van der Waals surface area contributed by atoms with E-state index in [0.717, 1.165) is 24.2 Å². The van der Waals surface area contributed by atoms with Crippen LogP contribution in [-0.2, 0) is 9.59 Å². The van der Waals surface area contributed by atoms with E-state index in [4.69, 9.17) is 11.6 Å². The van der Waals surface area contributed by atoms with Crippen molar-refractivity contribution in [1.82, 2.24) is 10.2 Å². The lowest BCUT2D eigenvalue weighted by atomic mass is 9.84. The topological polar surface area (TPSA) is 94.1 Å². The largest absolute Gasteiger partial charge is 0.341 e. The minimum absolute atomic E-state index is 0.0666. The number of rotatable bonds is 4. The summed E-state index contributed by atoms with van der Waals surface area (Å²) in [5, 5.41) is 5.86. The molecule has 2 aromatic rings. The highest BCUT2D eigenvalue weighted by atomic mass is 35.5. The molecule has 2 saturated heterocycles. The SMILES string of the molecule is CC1=NC(NC(=O)Nc2cccc(Cl)c2)C(=O)N(CC(=O)N2CC3CCC(CC3)C2)c2c(C)cccc21. The lowest BCUT2D eigenvalue weighted by Crippen LogP contribution is -2.52. The molecule has 1 atom stereocenters. The van der Waals surface area contributed by atoms with Gasteiger partial charge in [-0.3, -0.25) is 19.5 Å². The summed E-state index contributed by atoms with van der Waals surface area (Å²) in [4.78, 5) is 48.3. The third-order valence-electron chi connectivity index (χ3n) is 7.64. The van der Waals surface area contributed by atoms with Crippen molar-refractivity contribution in [2.75, 3.05) is 29.9 Å². The van der Waals surface area contributed by atoms with Gasteiger partial charge >= 0.3 is 6.03 Å². The first-order valence-electron chi connectivity index (χ1n) is 12.8. The van der Waals surface area contributed by atoms with Gasteiger partial charge in [-0.25, -0.2) is 4.79 Å². The minimum Gasteiger partial charge on any atom is -0.341 e. The molecule has 2 bridgehead atoms. The van der Waals surface area contributed by atoms with Crippen LogP contribution in [0.15, 0.2) is 47.5 Å². The maximum absolute atomic E-state index is 13.9. The number of carbonyl (C=O) groups excluding carboxylic acids is 3. The van der Waals surface area contributed by atoms with E-state index in [0.29, 0.717) is 33.9 Å². The number of benzene rings is 2. The van der Waals surface area contributed by atoms with Crippen LogP contribution in [0, 0.1) is 18.8 Å². The molecule has 2 aromatic carbocycles. The second-order valence-corrected chi connectivity index (χ2v) is 10.7. The van der Waals surface area contributed by atoms with Gasteiger partial charge in [0.2, 0.25) is 12.1 Å². The van der Waals surface area contributed by atoms with Gasteiger partial charge in [0, 0.05) is 35.1 Å². The monoisotopic (exact) mass is 521 g/mol. The van der Waals surface area contributed by atoms with E-state index in [-0.39, 0.29) is 12.5 Å². The standard InChI is InChI=1S/C28H32ClN5O3/c1-17-5-3-8-23-18(2)30-26(32-28(37)31-22-7-4-6-21(29)13-22)27(36)34(25(17)23)16-24(35)33-14-19-9-10-20(15-33)12-11-19/h3-8,13,19-20,26H,9-12,14-16H2,1-2H3,(H2,31,32,37). The molecule has 1 saturated carbocycles. The quantitative estimate of drug-likeness (QED) is 0.615. The number of carbonyl (C=O) groups is 3. The number of aryl methyl sites for hydroxylation is 1. The van der Waals surface area contributed by atoms with Crippen LogP contribution in [0.2, 0.25) is 5.02 Å². The van der Waals surface area contributed by atoms with Gasteiger partial charge in [-0.15, -0.1) is 0 Å². The number of nitrogens with one attached hydrogen (secondary N) is 2. The van der Waals surface area contributed by atoms with E-state index >= 15 is 0 Å². The predicted octanol–water partition coefficient (Wildman–Crippen LogP) is 4.60. The third-order valence-corrected chi connectivity index (χ3v) is 7.88. The molecule has 0 aromatic heterocycles. The Balaban J connectivity index is 1.40. The Kier molecular flexibility index (Phi) is 7.20. The molecule has 6 rings (SSSR count). The average molecular weight is 522 g/mol. The summed E-state index contributed by atoms with van der Waals surface area (Å²) in [6, 6.07) is 11.9. The normalized spacial score (nSPS) is 23.1. The highest BCUT2D eigenvalue weighted by molar-refractivity contribution is 6.30. The van der Waals surface area contributed by atoms with Crippen molar-refractivity contribution < 1.29 is 14.4 Å². The summed E-state index contributed by atoms with van der Waals surface area (Å²) in [6.45, 7) is 5.14. The number of anilines is 2. The first-order valence-corrected chi connectivity index (χ1v) is 13.2. The van der Waals surface area contributed by atoms with Gasteiger partial charge in [0.25, 0.3) is 5.91 Å². The zero-order valence-corrected chi connectivity index (χ0v) is 21.9. The fraction of sp³-hybridized carbons (Fsp3) is 0.429. The van der Waals surface area contributed by atoms with Crippen LogP contribution in [0.1, 0.15) is 43.7 Å². The second-order valence-electron chi connectivity index (χ2n) is 10.3.